The molecule has 10 heteroatoms. The van der Waals surface area contributed by atoms with Crippen molar-refractivity contribution in [3.63, 3.8) is 0 Å². The van der Waals surface area contributed by atoms with Crippen LogP contribution in [-0.2, 0) is 6.54 Å². The van der Waals surface area contributed by atoms with Crippen molar-refractivity contribution >= 4 is 16.6 Å². The van der Waals surface area contributed by atoms with Crippen molar-refractivity contribution in [2.45, 2.75) is 18.9 Å². The number of aliphatic hydroxyl groups is 1. The summed E-state index contributed by atoms with van der Waals surface area (Å²) in [6.07, 6.45) is -6.01. The fourth-order valence-electron chi connectivity index (χ4n) is 4.77. The smallest absolute Gasteiger partial charge is 0.370 e. The third-order valence-corrected chi connectivity index (χ3v) is 6.65. The molecule has 0 amide bonds. The molecular formula is C30H22F3N5O2. The van der Waals surface area contributed by atoms with Crippen LogP contribution in [0.2, 0.25) is 0 Å². The largest absolute Gasteiger partial charge is 0.427 e. The SMILES string of the molecule is O=c1c(-c2ccc3ncccc3c2)c(CNC(O)C(F)(F)F)[nH]c2c(-c3ccccc3)c(-c3ccccc3)nn12. The normalized spacial score (nSPS) is 12.7. The molecule has 0 aliphatic rings. The average molecular weight is 542 g/mol. The molecule has 6 aromatic rings. The molecule has 7 nitrogen and oxygen atoms in total. The Morgan fingerprint density at radius 2 is 1.57 bits per heavy atom. The van der Waals surface area contributed by atoms with E-state index in [4.69, 9.17) is 5.10 Å². The van der Waals surface area contributed by atoms with Crippen molar-refractivity contribution in [3.8, 4) is 33.5 Å². The summed E-state index contributed by atoms with van der Waals surface area (Å²) in [7, 11) is 0. The number of rotatable bonds is 6. The second-order valence-corrected chi connectivity index (χ2v) is 9.24. The van der Waals surface area contributed by atoms with Crippen LogP contribution < -0.4 is 10.9 Å². The summed E-state index contributed by atoms with van der Waals surface area (Å²) < 4.78 is 40.7. The molecule has 0 radical (unpaired) electrons. The maximum absolute atomic E-state index is 14.1. The van der Waals surface area contributed by atoms with Gasteiger partial charge >= 0.3 is 6.18 Å². The second kappa shape index (κ2) is 10.1. The van der Waals surface area contributed by atoms with E-state index in [-0.39, 0.29) is 11.3 Å². The number of fused-ring (bicyclic) bond motifs is 2. The number of halogens is 3. The number of alkyl halides is 3. The molecule has 1 unspecified atom stereocenters. The van der Waals surface area contributed by atoms with Crippen LogP contribution in [0.25, 0.3) is 50.1 Å². The highest BCUT2D eigenvalue weighted by molar-refractivity contribution is 5.91. The van der Waals surface area contributed by atoms with Gasteiger partial charge in [0, 0.05) is 29.4 Å². The number of H-pyrrole nitrogens is 1. The van der Waals surface area contributed by atoms with Gasteiger partial charge in [0.2, 0.25) is 6.23 Å². The number of nitrogens with zero attached hydrogens (tertiary/aromatic N) is 3. The molecule has 0 bridgehead atoms. The molecule has 6 rings (SSSR count). The third kappa shape index (κ3) is 4.63. The zero-order valence-corrected chi connectivity index (χ0v) is 20.9. The Morgan fingerprint density at radius 3 is 2.27 bits per heavy atom. The van der Waals surface area contributed by atoms with Gasteiger partial charge in [-0.05, 0) is 29.3 Å². The van der Waals surface area contributed by atoms with Crippen LogP contribution in [0.5, 0.6) is 0 Å². The van der Waals surface area contributed by atoms with Gasteiger partial charge in [0.05, 0.1) is 16.6 Å². The zero-order chi connectivity index (χ0) is 27.9. The van der Waals surface area contributed by atoms with Gasteiger partial charge < -0.3 is 10.1 Å². The predicted octanol–water partition coefficient (Wildman–Crippen LogP) is 5.54. The Hall–Kier alpha value is -4.80. The van der Waals surface area contributed by atoms with Crippen LogP contribution in [0.4, 0.5) is 13.2 Å². The minimum Gasteiger partial charge on any atom is -0.370 e. The molecule has 3 aromatic carbocycles. The van der Waals surface area contributed by atoms with Gasteiger partial charge in [-0.3, -0.25) is 15.1 Å². The molecule has 0 fully saturated rings. The molecule has 0 aliphatic carbocycles. The van der Waals surface area contributed by atoms with Gasteiger partial charge in [0.15, 0.2) is 0 Å². The van der Waals surface area contributed by atoms with Crippen LogP contribution in [0.15, 0.2) is 102 Å². The highest BCUT2D eigenvalue weighted by Gasteiger charge is 2.38. The summed E-state index contributed by atoms with van der Waals surface area (Å²) in [6.45, 7) is -0.465. The summed E-state index contributed by atoms with van der Waals surface area (Å²) in [5.41, 5.74) is 3.96. The van der Waals surface area contributed by atoms with E-state index in [1.54, 1.807) is 30.5 Å². The first-order valence-electron chi connectivity index (χ1n) is 12.4. The zero-order valence-electron chi connectivity index (χ0n) is 20.9. The van der Waals surface area contributed by atoms with Crippen LogP contribution in [0.1, 0.15) is 5.69 Å². The average Bonchev–Trinajstić information content (AvgIpc) is 3.36. The quantitative estimate of drug-likeness (QED) is 0.241. The highest BCUT2D eigenvalue weighted by Crippen LogP contribution is 2.35. The number of aromatic nitrogens is 4. The van der Waals surface area contributed by atoms with Crippen LogP contribution in [-0.4, -0.2) is 37.1 Å². The van der Waals surface area contributed by atoms with E-state index < -0.39 is 24.5 Å². The molecule has 0 saturated carbocycles. The molecule has 200 valence electrons. The summed E-state index contributed by atoms with van der Waals surface area (Å²) in [5.74, 6) is 0. The van der Waals surface area contributed by atoms with Crippen LogP contribution >= 0.6 is 0 Å². The molecule has 1 atom stereocenters. The summed E-state index contributed by atoms with van der Waals surface area (Å²) in [5, 5.41) is 17.2. The Morgan fingerprint density at radius 1 is 0.875 bits per heavy atom. The van der Waals surface area contributed by atoms with E-state index in [1.165, 1.54) is 4.52 Å². The van der Waals surface area contributed by atoms with Crippen molar-refractivity contribution in [1.82, 2.24) is 24.9 Å². The Kier molecular flexibility index (Phi) is 6.41. The Balaban J connectivity index is 1.63. The minimum atomic E-state index is -4.88. The van der Waals surface area contributed by atoms with Crippen molar-refractivity contribution in [2.75, 3.05) is 0 Å². The second-order valence-electron chi connectivity index (χ2n) is 9.24. The number of aliphatic hydroxyl groups excluding tert-OH is 1. The number of pyridine rings is 1. The van der Waals surface area contributed by atoms with Gasteiger partial charge in [-0.2, -0.15) is 22.8 Å². The summed E-state index contributed by atoms with van der Waals surface area (Å²) in [6, 6.07) is 27.4. The molecular weight excluding hydrogens is 519 g/mol. The first kappa shape index (κ1) is 25.5. The first-order valence-corrected chi connectivity index (χ1v) is 12.4. The molecule has 0 aliphatic heterocycles. The lowest BCUT2D eigenvalue weighted by molar-refractivity contribution is -0.214. The fourth-order valence-corrected chi connectivity index (χ4v) is 4.77. The van der Waals surface area contributed by atoms with Gasteiger partial charge in [-0.1, -0.05) is 72.8 Å². The molecule has 3 N–H and O–H groups in total. The maximum Gasteiger partial charge on any atom is 0.427 e. The third-order valence-electron chi connectivity index (χ3n) is 6.65. The molecule has 40 heavy (non-hydrogen) atoms. The summed E-state index contributed by atoms with van der Waals surface area (Å²) >= 11 is 0. The van der Waals surface area contributed by atoms with E-state index in [0.717, 1.165) is 16.5 Å². The lowest BCUT2D eigenvalue weighted by Gasteiger charge is -2.18. The van der Waals surface area contributed by atoms with E-state index in [1.807, 2.05) is 66.7 Å². The monoisotopic (exact) mass is 541 g/mol. The van der Waals surface area contributed by atoms with Crippen molar-refractivity contribution in [2.24, 2.45) is 0 Å². The molecule has 3 aromatic heterocycles. The molecule has 3 heterocycles. The van der Waals surface area contributed by atoms with Gasteiger partial charge in [0.25, 0.3) is 5.56 Å². The lowest BCUT2D eigenvalue weighted by Crippen LogP contribution is -2.42. The first-order chi connectivity index (χ1) is 19.3. The summed E-state index contributed by atoms with van der Waals surface area (Å²) in [4.78, 5) is 21.6. The topological polar surface area (TPSA) is 95.3 Å². The van der Waals surface area contributed by atoms with E-state index in [9.17, 15) is 23.1 Å². The number of aromatic amines is 1. The minimum absolute atomic E-state index is 0.127. The number of nitrogens with one attached hydrogen (secondary N) is 2. The van der Waals surface area contributed by atoms with Gasteiger partial charge in [-0.15, -0.1) is 0 Å². The number of benzene rings is 3. The highest BCUT2D eigenvalue weighted by atomic mass is 19.4. The van der Waals surface area contributed by atoms with Crippen LogP contribution in [0.3, 0.4) is 0 Å². The van der Waals surface area contributed by atoms with Gasteiger partial charge in [-0.25, -0.2) is 0 Å². The van der Waals surface area contributed by atoms with Gasteiger partial charge in [0.1, 0.15) is 11.3 Å². The number of hydrogen-bond acceptors (Lipinski definition) is 5. The lowest BCUT2D eigenvalue weighted by atomic mass is 10.0. The standard InChI is InChI=1S/C30H22F3N5O2/c31-30(32,33)29(40)35-17-23-24(21-13-14-22-20(16-21)12-7-15-34-22)28(39)38-27(36-23)25(18-8-3-1-4-9-18)26(37-38)19-10-5-2-6-11-19/h1-16,29,35-36,40H,17H2. The Labute approximate surface area is 225 Å². The molecule has 0 spiro atoms. The van der Waals surface area contributed by atoms with E-state index in [2.05, 4.69) is 15.3 Å². The Bertz CT molecular complexity index is 1880. The van der Waals surface area contributed by atoms with Crippen molar-refractivity contribution in [1.29, 1.82) is 0 Å². The predicted molar refractivity (Wildman–Crippen MR) is 146 cm³/mol. The number of hydrogen-bond donors (Lipinski definition) is 3. The van der Waals surface area contributed by atoms with E-state index in [0.29, 0.717) is 28.0 Å². The van der Waals surface area contributed by atoms with E-state index >= 15 is 0 Å². The molecule has 0 saturated heterocycles. The van der Waals surface area contributed by atoms with Crippen LogP contribution in [0, 0.1) is 0 Å². The van der Waals surface area contributed by atoms with Crippen molar-refractivity contribution < 1.29 is 18.3 Å². The van der Waals surface area contributed by atoms with Crippen molar-refractivity contribution in [3.05, 3.63) is 113 Å². The fraction of sp³-hybridized carbons (Fsp3) is 0.100. The maximum atomic E-state index is 14.1.